The van der Waals surface area contributed by atoms with Crippen molar-refractivity contribution in [3.8, 4) is 5.75 Å². The van der Waals surface area contributed by atoms with Gasteiger partial charge >= 0.3 is 5.69 Å². The number of ether oxygens (including phenoxy) is 1. The highest BCUT2D eigenvalue weighted by Gasteiger charge is 2.12. The van der Waals surface area contributed by atoms with Gasteiger partial charge < -0.3 is 15.4 Å². The van der Waals surface area contributed by atoms with Crippen LogP contribution in [-0.4, -0.2) is 34.5 Å². The highest BCUT2D eigenvalue weighted by molar-refractivity contribution is 6.04. The number of nitrogens with one attached hydrogen (secondary N) is 2. The van der Waals surface area contributed by atoms with E-state index in [0.29, 0.717) is 30.3 Å². The number of hydrogen-bond acceptors (Lipinski definition) is 5. The van der Waals surface area contributed by atoms with Gasteiger partial charge in [0.1, 0.15) is 12.2 Å². The molecule has 0 fully saturated rings. The van der Waals surface area contributed by atoms with Crippen molar-refractivity contribution >= 4 is 17.5 Å². The standard InChI is InChI=1S/C19H24N4O4/c1-4-27-16-8-6-5-7-15(16)22-18(25)12-17(24)20-9-10-23-14(3)11-13(2)21-19(23)26/h5-8,11H,4,9-10,12H2,1-3H3,(H,20,24)(H,22,25). The Balaban J connectivity index is 1.84. The average Bonchev–Trinajstić information content (AvgIpc) is 2.59. The zero-order chi connectivity index (χ0) is 19.8. The quantitative estimate of drug-likeness (QED) is 0.682. The number of para-hydroxylation sites is 2. The van der Waals surface area contributed by atoms with Crippen LogP contribution in [0.5, 0.6) is 5.75 Å². The monoisotopic (exact) mass is 372 g/mol. The molecular weight excluding hydrogens is 348 g/mol. The Bertz CT molecular complexity index is 876. The Hall–Kier alpha value is -3.16. The second-order valence-electron chi connectivity index (χ2n) is 5.98. The minimum atomic E-state index is -0.440. The summed E-state index contributed by atoms with van der Waals surface area (Å²) in [5, 5.41) is 5.31. The van der Waals surface area contributed by atoms with Crippen molar-refractivity contribution in [3.63, 3.8) is 0 Å². The molecule has 144 valence electrons. The van der Waals surface area contributed by atoms with Gasteiger partial charge in [-0.2, -0.15) is 4.98 Å². The van der Waals surface area contributed by atoms with Crippen LogP contribution in [0.15, 0.2) is 35.1 Å². The van der Waals surface area contributed by atoms with Gasteiger partial charge in [-0.3, -0.25) is 14.2 Å². The normalized spacial score (nSPS) is 10.3. The van der Waals surface area contributed by atoms with Gasteiger partial charge in [0.15, 0.2) is 0 Å². The van der Waals surface area contributed by atoms with Crippen molar-refractivity contribution in [1.29, 1.82) is 0 Å². The molecule has 8 nitrogen and oxygen atoms in total. The van der Waals surface area contributed by atoms with E-state index in [9.17, 15) is 14.4 Å². The summed E-state index contributed by atoms with van der Waals surface area (Å²) in [7, 11) is 0. The molecule has 1 aromatic carbocycles. The number of hydrogen-bond donors (Lipinski definition) is 2. The topological polar surface area (TPSA) is 102 Å². The van der Waals surface area contributed by atoms with Gasteiger partial charge in [0.2, 0.25) is 11.8 Å². The van der Waals surface area contributed by atoms with E-state index in [4.69, 9.17) is 4.74 Å². The van der Waals surface area contributed by atoms with Crippen LogP contribution in [0.2, 0.25) is 0 Å². The van der Waals surface area contributed by atoms with E-state index in [0.717, 1.165) is 5.69 Å². The summed E-state index contributed by atoms with van der Waals surface area (Å²) >= 11 is 0. The number of anilines is 1. The molecule has 1 heterocycles. The second kappa shape index (κ2) is 9.51. The van der Waals surface area contributed by atoms with Crippen LogP contribution in [0.25, 0.3) is 0 Å². The summed E-state index contributed by atoms with van der Waals surface area (Å²) in [5.41, 5.74) is 1.59. The lowest BCUT2D eigenvalue weighted by atomic mass is 10.2. The second-order valence-corrected chi connectivity index (χ2v) is 5.98. The number of amides is 2. The van der Waals surface area contributed by atoms with Crippen molar-refractivity contribution in [2.75, 3.05) is 18.5 Å². The van der Waals surface area contributed by atoms with Gasteiger partial charge in [-0.25, -0.2) is 4.79 Å². The first kappa shape index (κ1) is 20.2. The molecule has 2 rings (SSSR count). The number of aryl methyl sites for hydroxylation is 2. The van der Waals surface area contributed by atoms with Crippen LogP contribution in [0, 0.1) is 13.8 Å². The number of rotatable bonds is 8. The van der Waals surface area contributed by atoms with E-state index in [2.05, 4.69) is 15.6 Å². The van der Waals surface area contributed by atoms with Gasteiger partial charge in [0.05, 0.1) is 12.3 Å². The Labute approximate surface area is 157 Å². The Morgan fingerprint density at radius 3 is 2.63 bits per heavy atom. The summed E-state index contributed by atoms with van der Waals surface area (Å²) in [4.78, 5) is 39.8. The number of nitrogens with zero attached hydrogens (tertiary/aromatic N) is 2. The molecular formula is C19H24N4O4. The molecule has 0 atom stereocenters. The SMILES string of the molecule is CCOc1ccccc1NC(=O)CC(=O)NCCn1c(C)cc(C)nc1=O. The van der Waals surface area contributed by atoms with Crippen molar-refractivity contribution in [3.05, 3.63) is 52.2 Å². The largest absolute Gasteiger partial charge is 0.492 e. The third-order valence-electron chi connectivity index (χ3n) is 3.79. The van der Waals surface area contributed by atoms with E-state index < -0.39 is 11.8 Å². The van der Waals surface area contributed by atoms with Crippen LogP contribution < -0.4 is 21.1 Å². The van der Waals surface area contributed by atoms with Crippen molar-refractivity contribution < 1.29 is 14.3 Å². The molecule has 0 unspecified atom stereocenters. The summed E-state index contributed by atoms with van der Waals surface area (Å²) in [6, 6.07) is 8.83. The Morgan fingerprint density at radius 1 is 1.19 bits per heavy atom. The van der Waals surface area contributed by atoms with Gasteiger partial charge in [-0.15, -0.1) is 0 Å². The zero-order valence-corrected chi connectivity index (χ0v) is 15.7. The van der Waals surface area contributed by atoms with Gasteiger partial charge in [0, 0.05) is 24.5 Å². The highest BCUT2D eigenvalue weighted by atomic mass is 16.5. The zero-order valence-electron chi connectivity index (χ0n) is 15.7. The number of benzene rings is 1. The third-order valence-corrected chi connectivity index (χ3v) is 3.79. The van der Waals surface area contributed by atoms with E-state index >= 15 is 0 Å². The number of carbonyl (C=O) groups is 2. The molecule has 0 aliphatic heterocycles. The summed E-state index contributed by atoms with van der Waals surface area (Å²) in [6.07, 6.45) is -0.319. The molecule has 0 radical (unpaired) electrons. The fraction of sp³-hybridized carbons (Fsp3) is 0.368. The van der Waals surface area contributed by atoms with E-state index in [1.165, 1.54) is 4.57 Å². The molecule has 0 bridgehead atoms. The molecule has 8 heteroatoms. The summed E-state index contributed by atoms with van der Waals surface area (Å²) < 4.78 is 6.91. The van der Waals surface area contributed by atoms with E-state index in [-0.39, 0.29) is 18.7 Å². The summed E-state index contributed by atoms with van der Waals surface area (Å²) in [5.74, 6) is -0.312. The molecule has 0 aliphatic rings. The summed E-state index contributed by atoms with van der Waals surface area (Å²) in [6.45, 7) is 6.40. The molecule has 0 saturated heterocycles. The van der Waals surface area contributed by atoms with Crippen molar-refractivity contribution in [2.24, 2.45) is 0 Å². The molecule has 0 aliphatic carbocycles. The first-order valence-electron chi connectivity index (χ1n) is 8.74. The van der Waals surface area contributed by atoms with Crippen LogP contribution >= 0.6 is 0 Å². The molecule has 27 heavy (non-hydrogen) atoms. The number of aromatic nitrogens is 2. The maximum absolute atomic E-state index is 12.1. The third kappa shape index (κ3) is 5.95. The van der Waals surface area contributed by atoms with Gasteiger partial charge in [-0.1, -0.05) is 12.1 Å². The number of carbonyl (C=O) groups excluding carboxylic acids is 2. The van der Waals surface area contributed by atoms with E-state index in [1.54, 1.807) is 44.2 Å². The Kier molecular flexibility index (Phi) is 7.10. The lowest BCUT2D eigenvalue weighted by Gasteiger charge is -2.12. The van der Waals surface area contributed by atoms with Crippen molar-refractivity contribution in [1.82, 2.24) is 14.9 Å². The van der Waals surface area contributed by atoms with Gasteiger partial charge in [0.25, 0.3) is 0 Å². The predicted molar refractivity (Wildman–Crippen MR) is 102 cm³/mol. The van der Waals surface area contributed by atoms with Crippen LogP contribution in [-0.2, 0) is 16.1 Å². The van der Waals surface area contributed by atoms with Gasteiger partial charge in [-0.05, 0) is 39.0 Å². The fourth-order valence-electron chi connectivity index (χ4n) is 2.61. The fourth-order valence-corrected chi connectivity index (χ4v) is 2.61. The van der Waals surface area contributed by atoms with Crippen LogP contribution in [0.4, 0.5) is 5.69 Å². The Morgan fingerprint density at radius 2 is 1.93 bits per heavy atom. The first-order valence-corrected chi connectivity index (χ1v) is 8.74. The average molecular weight is 372 g/mol. The maximum atomic E-state index is 12.1. The van der Waals surface area contributed by atoms with Crippen LogP contribution in [0.3, 0.4) is 0 Å². The van der Waals surface area contributed by atoms with Crippen LogP contribution in [0.1, 0.15) is 24.7 Å². The predicted octanol–water partition coefficient (Wildman–Crippen LogP) is 1.40. The smallest absolute Gasteiger partial charge is 0.348 e. The molecule has 0 saturated carbocycles. The molecule has 0 spiro atoms. The molecule has 2 N–H and O–H groups in total. The molecule has 2 aromatic rings. The maximum Gasteiger partial charge on any atom is 0.348 e. The highest BCUT2D eigenvalue weighted by Crippen LogP contribution is 2.23. The lowest BCUT2D eigenvalue weighted by Crippen LogP contribution is -2.34. The minimum Gasteiger partial charge on any atom is -0.492 e. The minimum absolute atomic E-state index is 0.229. The van der Waals surface area contributed by atoms with Crippen molar-refractivity contribution in [2.45, 2.75) is 33.7 Å². The first-order chi connectivity index (χ1) is 12.9. The molecule has 1 aromatic heterocycles. The lowest BCUT2D eigenvalue weighted by molar-refractivity contribution is -0.126. The molecule has 2 amide bonds. The van der Waals surface area contributed by atoms with E-state index in [1.807, 2.05) is 6.92 Å².